The monoisotopic (exact) mass is 437 g/mol. The van der Waals surface area contributed by atoms with Gasteiger partial charge in [0.1, 0.15) is 29.8 Å². The number of nitrogens with zero attached hydrogens (tertiary/aromatic N) is 1. The molecule has 0 aromatic heterocycles. The molecule has 160 valence electrons. The van der Waals surface area contributed by atoms with Gasteiger partial charge in [-0.3, -0.25) is 19.3 Å². The summed E-state index contributed by atoms with van der Waals surface area (Å²) in [6.45, 7) is 0.948. The number of amides is 2. The molecule has 1 saturated heterocycles. The first-order valence-corrected chi connectivity index (χ1v) is 9.78. The van der Waals surface area contributed by atoms with Crippen LogP contribution in [0.3, 0.4) is 0 Å². The zero-order valence-corrected chi connectivity index (χ0v) is 16.5. The van der Waals surface area contributed by atoms with E-state index in [1.54, 1.807) is 0 Å². The normalized spacial score (nSPS) is 21.4. The van der Waals surface area contributed by atoms with E-state index in [0.29, 0.717) is 0 Å². The average Bonchev–Trinajstić information content (AvgIpc) is 2.70. The number of fused-ring (bicyclic) bond motifs is 1. The molecule has 1 fully saturated rings. The number of hydrogen-bond acceptors (Lipinski definition) is 9. The Balaban J connectivity index is 1.72. The number of rotatable bonds is 6. The third-order valence-corrected chi connectivity index (χ3v) is 5.98. The molecule has 2 amide bonds. The van der Waals surface area contributed by atoms with Gasteiger partial charge in [0, 0.05) is 18.2 Å². The number of thioether (sulfide) groups is 1. The van der Waals surface area contributed by atoms with Crippen LogP contribution in [-0.2, 0) is 23.9 Å². The van der Waals surface area contributed by atoms with Crippen LogP contribution in [0, 0.1) is 0 Å². The fraction of sp³-hybridized carbons (Fsp3) is 0.333. The Morgan fingerprint density at radius 1 is 1.33 bits per heavy atom. The van der Waals surface area contributed by atoms with Crippen molar-refractivity contribution in [3.63, 3.8) is 0 Å². The Labute approximate surface area is 174 Å². The summed E-state index contributed by atoms with van der Waals surface area (Å²) in [5, 5.41) is 30.3. The molecule has 30 heavy (non-hydrogen) atoms. The van der Waals surface area contributed by atoms with Crippen molar-refractivity contribution in [2.24, 2.45) is 5.73 Å². The highest BCUT2D eigenvalue weighted by molar-refractivity contribution is 8.00. The lowest BCUT2D eigenvalue weighted by Crippen LogP contribution is -2.71. The number of nitrogens with two attached hydrogens (primary N) is 1. The number of hydrogen-bond donors (Lipinski definition) is 5. The number of β-lactam (4-membered cyclic amide) rings is 1. The lowest BCUT2D eigenvalue weighted by atomic mass is 10.0. The van der Waals surface area contributed by atoms with Crippen molar-refractivity contribution in [2.45, 2.75) is 24.4 Å². The van der Waals surface area contributed by atoms with Crippen molar-refractivity contribution in [3.8, 4) is 11.5 Å². The number of phenols is 2. The second-order valence-corrected chi connectivity index (χ2v) is 7.76. The minimum atomic E-state index is -1.34. The molecule has 2 aliphatic rings. The number of nitrogens with one attached hydrogen (secondary N) is 1. The number of carboxylic acid groups (broad SMARTS) is 1. The second-order valence-electron chi connectivity index (χ2n) is 6.66. The fourth-order valence-electron chi connectivity index (χ4n) is 3.11. The van der Waals surface area contributed by atoms with Crippen LogP contribution in [0.15, 0.2) is 29.5 Å². The molecule has 0 aliphatic carbocycles. The quantitative estimate of drug-likeness (QED) is 0.219. The van der Waals surface area contributed by atoms with E-state index in [-0.39, 0.29) is 34.9 Å². The van der Waals surface area contributed by atoms with Crippen LogP contribution in [0.2, 0.25) is 0 Å². The van der Waals surface area contributed by atoms with Crippen molar-refractivity contribution < 1.29 is 39.2 Å². The summed E-state index contributed by atoms with van der Waals surface area (Å²) < 4.78 is 4.86. The summed E-state index contributed by atoms with van der Waals surface area (Å²) in [7, 11) is 0. The molecule has 11 nitrogen and oxygen atoms in total. The van der Waals surface area contributed by atoms with Gasteiger partial charge in [0.15, 0.2) is 11.5 Å². The van der Waals surface area contributed by atoms with Crippen LogP contribution in [0.5, 0.6) is 11.5 Å². The summed E-state index contributed by atoms with van der Waals surface area (Å²) in [6, 6.07) is 1.47. The predicted molar refractivity (Wildman–Crippen MR) is 103 cm³/mol. The van der Waals surface area contributed by atoms with E-state index < -0.39 is 47.0 Å². The first kappa shape index (κ1) is 21.5. The maximum Gasteiger partial charge on any atom is 0.352 e. The Kier molecular flexibility index (Phi) is 5.89. The first-order valence-electron chi connectivity index (χ1n) is 8.73. The minimum absolute atomic E-state index is 0.202. The van der Waals surface area contributed by atoms with Crippen LogP contribution < -0.4 is 11.1 Å². The van der Waals surface area contributed by atoms with E-state index in [2.05, 4.69) is 5.32 Å². The molecule has 1 aromatic carbocycles. The summed E-state index contributed by atoms with van der Waals surface area (Å²) in [5.74, 6) is -3.85. The van der Waals surface area contributed by atoms with Crippen LogP contribution in [0.1, 0.15) is 18.5 Å². The van der Waals surface area contributed by atoms with Gasteiger partial charge in [0.05, 0.1) is 0 Å². The molecule has 6 N–H and O–H groups in total. The number of carboxylic acids is 1. The number of carbonyl (C=O) groups is 4. The Morgan fingerprint density at radius 3 is 2.63 bits per heavy atom. The van der Waals surface area contributed by atoms with Crippen LogP contribution in [0.25, 0.3) is 0 Å². The molecule has 1 unspecified atom stereocenters. The molecule has 2 aliphatic heterocycles. The molecule has 3 rings (SSSR count). The van der Waals surface area contributed by atoms with Gasteiger partial charge < -0.3 is 31.1 Å². The summed E-state index contributed by atoms with van der Waals surface area (Å²) in [4.78, 5) is 48.8. The molecule has 0 spiro atoms. The average molecular weight is 437 g/mol. The number of ether oxygens (including phenoxy) is 1. The molecular formula is C18H19N3O8S. The molecule has 3 atom stereocenters. The van der Waals surface area contributed by atoms with Crippen LogP contribution in [0.4, 0.5) is 0 Å². The molecule has 0 radical (unpaired) electrons. The number of esters is 1. The molecule has 2 heterocycles. The van der Waals surface area contributed by atoms with Gasteiger partial charge >= 0.3 is 11.9 Å². The van der Waals surface area contributed by atoms with E-state index in [0.717, 1.165) is 11.0 Å². The van der Waals surface area contributed by atoms with Crippen molar-refractivity contribution >= 4 is 35.5 Å². The van der Waals surface area contributed by atoms with E-state index in [9.17, 15) is 34.5 Å². The van der Waals surface area contributed by atoms with Crippen molar-refractivity contribution in [2.75, 3.05) is 12.4 Å². The van der Waals surface area contributed by atoms with Gasteiger partial charge in [-0.15, -0.1) is 11.8 Å². The van der Waals surface area contributed by atoms with Gasteiger partial charge in [-0.2, -0.15) is 0 Å². The number of carbonyl (C=O) groups excluding carboxylic acids is 3. The van der Waals surface area contributed by atoms with Gasteiger partial charge in [0.25, 0.3) is 5.91 Å². The van der Waals surface area contributed by atoms with Gasteiger partial charge in [0.2, 0.25) is 5.91 Å². The van der Waals surface area contributed by atoms with Gasteiger partial charge in [-0.1, -0.05) is 6.07 Å². The maximum atomic E-state index is 12.6. The SMILES string of the molecule is CC(=O)OCC1=C(C(=O)O)N2C(=O)[C@@H](NC(=O)C(N)c3ccc(O)c(O)c3)[C@H]2SC1. The highest BCUT2D eigenvalue weighted by Crippen LogP contribution is 2.40. The third kappa shape index (κ3) is 3.91. The zero-order valence-electron chi connectivity index (χ0n) is 15.7. The smallest absolute Gasteiger partial charge is 0.352 e. The maximum absolute atomic E-state index is 12.6. The van der Waals surface area contributed by atoms with Crippen molar-refractivity contribution in [1.82, 2.24) is 10.2 Å². The second kappa shape index (κ2) is 8.24. The Morgan fingerprint density at radius 2 is 2.03 bits per heavy atom. The highest BCUT2D eigenvalue weighted by Gasteiger charge is 2.54. The third-order valence-electron chi connectivity index (χ3n) is 4.64. The van der Waals surface area contributed by atoms with E-state index >= 15 is 0 Å². The number of phenolic OH excluding ortho intramolecular Hbond substituents is 2. The largest absolute Gasteiger partial charge is 0.504 e. The zero-order chi connectivity index (χ0) is 22.2. The minimum Gasteiger partial charge on any atom is -0.504 e. The van der Waals surface area contributed by atoms with E-state index in [4.69, 9.17) is 10.5 Å². The summed E-state index contributed by atoms with van der Waals surface area (Å²) in [6.07, 6.45) is 0. The summed E-state index contributed by atoms with van der Waals surface area (Å²) >= 11 is 1.22. The molecule has 0 saturated carbocycles. The molecule has 0 bridgehead atoms. The van der Waals surface area contributed by atoms with Crippen LogP contribution >= 0.6 is 11.8 Å². The lowest BCUT2D eigenvalue weighted by Gasteiger charge is -2.49. The summed E-state index contributed by atoms with van der Waals surface area (Å²) in [5.41, 5.74) is 6.12. The van der Waals surface area contributed by atoms with E-state index in [1.807, 2.05) is 0 Å². The first-order chi connectivity index (χ1) is 14.1. The molecule has 12 heteroatoms. The lowest BCUT2D eigenvalue weighted by molar-refractivity contribution is -0.151. The number of aliphatic carboxylic acids is 1. The highest BCUT2D eigenvalue weighted by atomic mass is 32.2. The van der Waals surface area contributed by atoms with Gasteiger partial charge in [-0.25, -0.2) is 4.79 Å². The molecular weight excluding hydrogens is 418 g/mol. The number of aromatic hydroxyl groups is 2. The standard InChI is InChI=1S/C18H19N3O8S/c1-7(22)29-5-9-6-30-17-13(16(26)21(17)14(9)18(27)28)20-15(25)12(19)8-2-3-10(23)11(24)4-8/h2-4,12-13,17,23-24H,5-6,19H2,1H3,(H,20,25)(H,27,28)/t12?,13-,17-/m1/s1. The predicted octanol–water partition coefficient (Wildman–Crippen LogP) is -0.601. The Hall–Kier alpha value is -3.25. The fourth-order valence-corrected chi connectivity index (χ4v) is 4.44. The van der Waals surface area contributed by atoms with E-state index in [1.165, 1.54) is 30.8 Å². The molecule has 1 aromatic rings. The van der Waals surface area contributed by atoms with Crippen molar-refractivity contribution in [1.29, 1.82) is 0 Å². The van der Waals surface area contributed by atoms with Crippen molar-refractivity contribution in [3.05, 3.63) is 35.0 Å². The number of benzene rings is 1. The van der Waals surface area contributed by atoms with Crippen LogP contribution in [-0.4, -0.2) is 67.7 Å². The van der Waals surface area contributed by atoms with Gasteiger partial charge in [-0.05, 0) is 17.7 Å². The Bertz CT molecular complexity index is 963. The topological polar surface area (TPSA) is 179 Å².